The van der Waals surface area contributed by atoms with Gasteiger partial charge in [-0.2, -0.15) is 0 Å². The number of hydrogen-bond acceptors (Lipinski definition) is 3. The third-order valence-electron chi connectivity index (χ3n) is 4.38. The van der Waals surface area contributed by atoms with E-state index in [1.165, 1.54) is 0 Å². The van der Waals surface area contributed by atoms with E-state index >= 15 is 0 Å². The number of primary amides is 1. The van der Waals surface area contributed by atoms with Gasteiger partial charge in [-0.25, -0.2) is 0 Å². The van der Waals surface area contributed by atoms with Crippen LogP contribution >= 0.6 is 0 Å². The van der Waals surface area contributed by atoms with Crippen LogP contribution in [0.25, 0.3) is 0 Å². The van der Waals surface area contributed by atoms with E-state index in [0.717, 1.165) is 44.6 Å². The first kappa shape index (κ1) is 14.1. The fraction of sp³-hybridized carbons (Fsp3) is 0.500. The molecule has 2 amide bonds. The minimum Gasteiger partial charge on any atom is -0.381 e. The molecule has 0 aromatic heterocycles. The average molecular weight is 288 g/mol. The molecule has 3 rings (SSSR count). The minimum atomic E-state index is -0.449. The molecule has 0 spiro atoms. The van der Waals surface area contributed by atoms with Gasteiger partial charge in [0.15, 0.2) is 0 Å². The maximum atomic E-state index is 12.6. The highest BCUT2D eigenvalue weighted by Gasteiger charge is 2.27. The second kappa shape index (κ2) is 5.85. The number of nitrogens with two attached hydrogens (primary N) is 1. The fourth-order valence-electron chi connectivity index (χ4n) is 3.10. The van der Waals surface area contributed by atoms with Crippen LogP contribution in [0.4, 0.5) is 0 Å². The molecule has 0 atom stereocenters. The number of amides is 2. The average Bonchev–Trinajstić information content (AvgIpc) is 2.51. The molecule has 2 heterocycles. The number of rotatable bonds is 3. The summed E-state index contributed by atoms with van der Waals surface area (Å²) >= 11 is 0. The van der Waals surface area contributed by atoms with Crippen LogP contribution in [0, 0.1) is 5.92 Å². The summed E-state index contributed by atoms with van der Waals surface area (Å²) in [6, 6.07) is 5.12. The number of carbonyl (C=O) groups is 2. The zero-order chi connectivity index (χ0) is 14.8. The van der Waals surface area contributed by atoms with Crippen LogP contribution in [-0.4, -0.2) is 43.0 Å². The second-order valence-electron chi connectivity index (χ2n) is 5.79. The highest BCUT2D eigenvalue weighted by Crippen LogP contribution is 2.23. The summed E-state index contributed by atoms with van der Waals surface area (Å²) in [6.07, 6.45) is 2.83. The summed E-state index contributed by atoms with van der Waals surface area (Å²) in [4.78, 5) is 25.7. The van der Waals surface area contributed by atoms with Gasteiger partial charge in [0.05, 0.1) is 0 Å². The minimum absolute atomic E-state index is 0.0683. The van der Waals surface area contributed by atoms with Gasteiger partial charge >= 0.3 is 0 Å². The molecule has 0 unspecified atom stereocenters. The quantitative estimate of drug-likeness (QED) is 0.908. The van der Waals surface area contributed by atoms with Gasteiger partial charge in [0.2, 0.25) is 5.91 Å². The smallest absolute Gasteiger partial charge is 0.254 e. The largest absolute Gasteiger partial charge is 0.381 e. The van der Waals surface area contributed by atoms with E-state index in [-0.39, 0.29) is 5.91 Å². The van der Waals surface area contributed by atoms with Crippen molar-refractivity contribution < 1.29 is 14.3 Å². The number of ether oxygens (including phenoxy) is 1. The van der Waals surface area contributed by atoms with Gasteiger partial charge in [0.1, 0.15) is 0 Å². The lowest BCUT2D eigenvalue weighted by Crippen LogP contribution is -2.41. The number of nitrogens with zero attached hydrogens (tertiary/aromatic N) is 1. The molecule has 5 nitrogen and oxygen atoms in total. The number of fused-ring (bicyclic) bond motifs is 1. The second-order valence-corrected chi connectivity index (χ2v) is 5.79. The lowest BCUT2D eigenvalue weighted by atomic mass is 9.94. The molecule has 2 aliphatic rings. The number of carbonyl (C=O) groups excluding carboxylic acids is 2. The van der Waals surface area contributed by atoms with E-state index in [1.54, 1.807) is 18.2 Å². The Bertz CT molecular complexity index is 565. The summed E-state index contributed by atoms with van der Waals surface area (Å²) < 4.78 is 5.36. The Labute approximate surface area is 124 Å². The van der Waals surface area contributed by atoms with Crippen LogP contribution in [0.2, 0.25) is 0 Å². The van der Waals surface area contributed by atoms with E-state index < -0.39 is 5.91 Å². The first-order valence-electron chi connectivity index (χ1n) is 7.45. The SMILES string of the molecule is NC(=O)c1ccc2c(c1)CCN(CC1CCOCC1)C2=O. The first-order valence-corrected chi connectivity index (χ1v) is 7.45. The van der Waals surface area contributed by atoms with Crippen molar-refractivity contribution >= 4 is 11.8 Å². The number of benzene rings is 1. The molecule has 1 aromatic rings. The predicted octanol–water partition coefficient (Wildman–Crippen LogP) is 1.21. The molecule has 0 saturated carbocycles. The Morgan fingerprint density at radius 2 is 2.10 bits per heavy atom. The normalized spacial score (nSPS) is 19.4. The standard InChI is InChI=1S/C16H20N2O3/c17-15(19)13-1-2-14-12(9-13)3-6-18(16(14)20)10-11-4-7-21-8-5-11/h1-2,9,11H,3-8,10H2,(H2,17,19). The van der Waals surface area contributed by atoms with Gasteiger partial charge in [-0.15, -0.1) is 0 Å². The van der Waals surface area contributed by atoms with E-state index in [2.05, 4.69) is 0 Å². The number of hydrogen-bond donors (Lipinski definition) is 1. The van der Waals surface area contributed by atoms with Crippen molar-refractivity contribution in [3.05, 3.63) is 34.9 Å². The summed E-state index contributed by atoms with van der Waals surface area (Å²) in [6.45, 7) is 3.11. The van der Waals surface area contributed by atoms with Gasteiger partial charge < -0.3 is 15.4 Å². The van der Waals surface area contributed by atoms with E-state index in [9.17, 15) is 9.59 Å². The van der Waals surface area contributed by atoms with Crippen molar-refractivity contribution in [2.24, 2.45) is 11.7 Å². The lowest BCUT2D eigenvalue weighted by molar-refractivity contribution is 0.0449. The Morgan fingerprint density at radius 3 is 2.81 bits per heavy atom. The van der Waals surface area contributed by atoms with E-state index in [1.807, 2.05) is 4.90 Å². The maximum absolute atomic E-state index is 12.6. The molecule has 112 valence electrons. The van der Waals surface area contributed by atoms with Crippen molar-refractivity contribution in [2.75, 3.05) is 26.3 Å². The van der Waals surface area contributed by atoms with Gasteiger partial charge in [0, 0.05) is 37.4 Å². The molecule has 0 aliphatic carbocycles. The molecule has 1 fully saturated rings. The zero-order valence-corrected chi connectivity index (χ0v) is 12.0. The molecule has 1 saturated heterocycles. The van der Waals surface area contributed by atoms with Crippen LogP contribution in [0.5, 0.6) is 0 Å². The van der Waals surface area contributed by atoms with Crippen LogP contribution < -0.4 is 5.73 Å². The monoisotopic (exact) mass is 288 g/mol. The van der Waals surface area contributed by atoms with Gasteiger partial charge in [0.25, 0.3) is 5.91 Å². The van der Waals surface area contributed by atoms with Crippen LogP contribution in [0.15, 0.2) is 18.2 Å². The fourth-order valence-corrected chi connectivity index (χ4v) is 3.10. The van der Waals surface area contributed by atoms with Crippen LogP contribution in [0.3, 0.4) is 0 Å². The lowest BCUT2D eigenvalue weighted by Gasteiger charge is -2.33. The third kappa shape index (κ3) is 2.93. The van der Waals surface area contributed by atoms with Crippen molar-refractivity contribution in [1.29, 1.82) is 0 Å². The van der Waals surface area contributed by atoms with Crippen LogP contribution in [-0.2, 0) is 11.2 Å². The van der Waals surface area contributed by atoms with Crippen molar-refractivity contribution in [1.82, 2.24) is 4.90 Å². The topological polar surface area (TPSA) is 72.6 Å². The summed E-state index contributed by atoms with van der Waals surface area (Å²) in [5, 5.41) is 0. The maximum Gasteiger partial charge on any atom is 0.254 e. The zero-order valence-electron chi connectivity index (χ0n) is 12.0. The Hall–Kier alpha value is -1.88. The van der Waals surface area contributed by atoms with Gasteiger partial charge in [-0.1, -0.05) is 0 Å². The van der Waals surface area contributed by atoms with Crippen molar-refractivity contribution in [2.45, 2.75) is 19.3 Å². The highest BCUT2D eigenvalue weighted by atomic mass is 16.5. The van der Waals surface area contributed by atoms with E-state index in [0.29, 0.717) is 23.6 Å². The van der Waals surface area contributed by atoms with Crippen molar-refractivity contribution in [3.8, 4) is 0 Å². The molecular formula is C16H20N2O3. The predicted molar refractivity (Wildman–Crippen MR) is 78.1 cm³/mol. The molecule has 2 aliphatic heterocycles. The molecular weight excluding hydrogens is 268 g/mol. The Kier molecular flexibility index (Phi) is 3.92. The molecule has 1 aromatic carbocycles. The molecule has 0 radical (unpaired) electrons. The Morgan fingerprint density at radius 1 is 1.33 bits per heavy atom. The molecule has 2 N–H and O–H groups in total. The van der Waals surface area contributed by atoms with Gasteiger partial charge in [-0.05, 0) is 48.9 Å². The first-order chi connectivity index (χ1) is 10.1. The molecule has 0 bridgehead atoms. The molecule has 21 heavy (non-hydrogen) atoms. The van der Waals surface area contributed by atoms with Crippen LogP contribution in [0.1, 0.15) is 39.1 Å². The summed E-state index contributed by atoms with van der Waals surface area (Å²) in [5.41, 5.74) is 7.39. The summed E-state index contributed by atoms with van der Waals surface area (Å²) in [7, 11) is 0. The van der Waals surface area contributed by atoms with Crippen molar-refractivity contribution in [3.63, 3.8) is 0 Å². The van der Waals surface area contributed by atoms with Gasteiger partial charge in [-0.3, -0.25) is 9.59 Å². The summed E-state index contributed by atoms with van der Waals surface area (Å²) in [5.74, 6) is 0.155. The Balaban J connectivity index is 1.74. The molecule has 5 heteroatoms. The third-order valence-corrected chi connectivity index (χ3v) is 4.38. The van der Waals surface area contributed by atoms with E-state index in [4.69, 9.17) is 10.5 Å². The highest BCUT2D eigenvalue weighted by molar-refractivity contribution is 5.99.